The number of carboxylic acid groups (broad SMARTS) is 1. The van der Waals surface area contributed by atoms with Crippen LogP contribution in [0.25, 0.3) is 22.8 Å². The molecular weight excluding hydrogens is 363 g/mol. The maximum absolute atomic E-state index is 12.6. The molecule has 3 N–H and O–H groups in total. The van der Waals surface area contributed by atoms with E-state index in [-0.39, 0.29) is 18.1 Å². The molecule has 6 nitrogen and oxygen atoms in total. The maximum Gasteiger partial charge on any atom is 0.416 e. The highest BCUT2D eigenvalue weighted by atomic mass is 19.4. The number of carboxylic acids is 1. The summed E-state index contributed by atoms with van der Waals surface area (Å²) >= 11 is 0. The molecule has 0 amide bonds. The predicted molar refractivity (Wildman–Crippen MR) is 89.5 cm³/mol. The highest BCUT2D eigenvalue weighted by Crippen LogP contribution is 2.31. The van der Waals surface area contributed by atoms with Crippen molar-refractivity contribution >= 4 is 5.97 Å². The Kier molecular flexibility index (Phi) is 4.95. The van der Waals surface area contributed by atoms with Crippen LogP contribution in [0, 0.1) is 0 Å². The van der Waals surface area contributed by atoms with E-state index in [4.69, 9.17) is 15.4 Å². The minimum Gasteiger partial charge on any atom is -0.480 e. The van der Waals surface area contributed by atoms with Gasteiger partial charge in [0.2, 0.25) is 5.82 Å². The highest BCUT2D eigenvalue weighted by molar-refractivity contribution is 5.73. The monoisotopic (exact) mass is 377 g/mol. The number of nitrogens with two attached hydrogens (primary N) is 1. The van der Waals surface area contributed by atoms with Crippen LogP contribution < -0.4 is 5.73 Å². The van der Waals surface area contributed by atoms with Gasteiger partial charge in [0, 0.05) is 11.1 Å². The molecule has 3 rings (SSSR count). The van der Waals surface area contributed by atoms with Gasteiger partial charge in [-0.05, 0) is 36.2 Å². The molecular formula is C18H14F3N3O3. The van der Waals surface area contributed by atoms with Gasteiger partial charge in [0.1, 0.15) is 6.04 Å². The number of benzene rings is 2. The highest BCUT2D eigenvalue weighted by Gasteiger charge is 2.30. The second-order valence-electron chi connectivity index (χ2n) is 5.84. The molecule has 2 aromatic carbocycles. The number of aliphatic carboxylic acids is 1. The Bertz CT molecular complexity index is 935. The third kappa shape index (κ3) is 4.32. The van der Waals surface area contributed by atoms with Crippen molar-refractivity contribution in [3.05, 3.63) is 59.7 Å². The molecule has 140 valence electrons. The third-order valence-electron chi connectivity index (χ3n) is 3.87. The second kappa shape index (κ2) is 7.20. The van der Waals surface area contributed by atoms with E-state index < -0.39 is 23.8 Å². The summed E-state index contributed by atoms with van der Waals surface area (Å²) < 4.78 is 43.0. The van der Waals surface area contributed by atoms with E-state index in [1.54, 1.807) is 24.3 Å². The van der Waals surface area contributed by atoms with E-state index >= 15 is 0 Å². The maximum atomic E-state index is 12.6. The summed E-state index contributed by atoms with van der Waals surface area (Å²) in [5.74, 6) is -0.729. The number of hydrogen-bond donors (Lipinski definition) is 2. The Morgan fingerprint density at radius 1 is 1.07 bits per heavy atom. The molecule has 0 aliphatic carbocycles. The number of halogens is 3. The van der Waals surface area contributed by atoms with Crippen molar-refractivity contribution < 1.29 is 27.6 Å². The van der Waals surface area contributed by atoms with Gasteiger partial charge in [0.15, 0.2) is 0 Å². The quantitative estimate of drug-likeness (QED) is 0.707. The van der Waals surface area contributed by atoms with Gasteiger partial charge >= 0.3 is 12.1 Å². The number of hydrogen-bond acceptors (Lipinski definition) is 5. The molecule has 0 unspecified atom stereocenters. The van der Waals surface area contributed by atoms with Gasteiger partial charge in [0.05, 0.1) is 5.56 Å². The summed E-state index contributed by atoms with van der Waals surface area (Å²) in [5, 5.41) is 12.7. The van der Waals surface area contributed by atoms with E-state index in [0.29, 0.717) is 11.1 Å². The van der Waals surface area contributed by atoms with Crippen molar-refractivity contribution in [3.63, 3.8) is 0 Å². The van der Waals surface area contributed by atoms with Crippen LogP contribution in [0.3, 0.4) is 0 Å². The van der Waals surface area contributed by atoms with Gasteiger partial charge in [-0.25, -0.2) is 0 Å². The molecule has 0 bridgehead atoms. The SMILES string of the molecule is N[C@@H](Cc1ccc(-c2noc(-c3ccc(C(F)(F)F)cc3)n2)cc1)C(=O)O. The van der Waals surface area contributed by atoms with Crippen LogP contribution in [0.4, 0.5) is 13.2 Å². The molecule has 0 aliphatic rings. The third-order valence-corrected chi connectivity index (χ3v) is 3.87. The van der Waals surface area contributed by atoms with Crippen molar-refractivity contribution in [2.45, 2.75) is 18.6 Å². The van der Waals surface area contributed by atoms with Crippen LogP contribution in [0.15, 0.2) is 53.1 Å². The van der Waals surface area contributed by atoms with E-state index in [1.807, 2.05) is 0 Å². The molecule has 27 heavy (non-hydrogen) atoms. The fourth-order valence-corrected chi connectivity index (χ4v) is 2.39. The summed E-state index contributed by atoms with van der Waals surface area (Å²) in [5.41, 5.74) is 6.45. The van der Waals surface area contributed by atoms with E-state index in [9.17, 15) is 18.0 Å². The smallest absolute Gasteiger partial charge is 0.416 e. The Morgan fingerprint density at radius 3 is 2.22 bits per heavy atom. The van der Waals surface area contributed by atoms with Gasteiger partial charge in [-0.3, -0.25) is 4.79 Å². The minimum atomic E-state index is -4.41. The average molecular weight is 377 g/mol. The van der Waals surface area contributed by atoms with E-state index in [2.05, 4.69) is 10.1 Å². The topological polar surface area (TPSA) is 102 Å². The van der Waals surface area contributed by atoms with Gasteiger partial charge in [-0.2, -0.15) is 18.2 Å². The summed E-state index contributed by atoms with van der Waals surface area (Å²) in [4.78, 5) is 15.0. The zero-order valence-electron chi connectivity index (χ0n) is 13.8. The largest absolute Gasteiger partial charge is 0.480 e. The molecule has 1 heterocycles. The molecule has 0 fully saturated rings. The Hall–Kier alpha value is -3.20. The van der Waals surface area contributed by atoms with Gasteiger partial charge in [0.25, 0.3) is 5.89 Å². The fourth-order valence-electron chi connectivity index (χ4n) is 2.39. The zero-order valence-corrected chi connectivity index (χ0v) is 13.8. The average Bonchev–Trinajstić information content (AvgIpc) is 3.12. The van der Waals surface area contributed by atoms with E-state index in [1.165, 1.54) is 12.1 Å². The van der Waals surface area contributed by atoms with Crippen LogP contribution in [0.2, 0.25) is 0 Å². The summed E-state index contributed by atoms with van der Waals surface area (Å²) in [6.07, 6.45) is -4.23. The molecule has 9 heteroatoms. The van der Waals surface area contributed by atoms with Crippen LogP contribution in [0.5, 0.6) is 0 Å². The lowest BCUT2D eigenvalue weighted by Crippen LogP contribution is -2.32. The molecule has 3 aromatic rings. The molecule has 1 aromatic heterocycles. The normalized spacial score (nSPS) is 12.7. The molecule has 0 saturated heterocycles. The van der Waals surface area contributed by atoms with Gasteiger partial charge < -0.3 is 15.4 Å². The van der Waals surface area contributed by atoms with E-state index in [0.717, 1.165) is 17.7 Å². The standard InChI is InChI=1S/C18H14F3N3O3/c19-18(20,21)13-7-5-12(6-8-13)16-23-15(24-27-16)11-3-1-10(2-4-11)9-14(22)17(25)26/h1-8,14H,9,22H2,(H,25,26)/t14-/m0/s1. The van der Waals surface area contributed by atoms with Gasteiger partial charge in [-0.1, -0.05) is 29.4 Å². The molecule has 1 atom stereocenters. The number of carbonyl (C=O) groups is 1. The van der Waals surface area contributed by atoms with Crippen molar-refractivity contribution in [3.8, 4) is 22.8 Å². The van der Waals surface area contributed by atoms with Crippen LogP contribution in [-0.4, -0.2) is 27.3 Å². The van der Waals surface area contributed by atoms with Crippen molar-refractivity contribution in [1.29, 1.82) is 0 Å². The summed E-state index contributed by atoms with van der Waals surface area (Å²) in [6, 6.07) is 10.2. The first kappa shape index (κ1) is 18.6. The summed E-state index contributed by atoms with van der Waals surface area (Å²) in [7, 11) is 0. The van der Waals surface area contributed by atoms with Crippen LogP contribution in [-0.2, 0) is 17.4 Å². The number of rotatable bonds is 5. The summed E-state index contributed by atoms with van der Waals surface area (Å²) in [6.45, 7) is 0. The molecule has 0 saturated carbocycles. The molecule has 0 radical (unpaired) electrons. The fraction of sp³-hybridized carbons (Fsp3) is 0.167. The van der Waals surface area contributed by atoms with Crippen molar-refractivity contribution in [2.75, 3.05) is 0 Å². The van der Waals surface area contributed by atoms with Crippen LogP contribution in [0.1, 0.15) is 11.1 Å². The Morgan fingerprint density at radius 2 is 1.67 bits per heavy atom. The first-order chi connectivity index (χ1) is 12.7. The molecule has 0 aliphatic heterocycles. The minimum absolute atomic E-state index is 0.0932. The lowest BCUT2D eigenvalue weighted by atomic mass is 10.0. The first-order valence-electron chi connectivity index (χ1n) is 7.83. The number of alkyl halides is 3. The van der Waals surface area contributed by atoms with Crippen molar-refractivity contribution in [1.82, 2.24) is 10.1 Å². The van der Waals surface area contributed by atoms with Crippen molar-refractivity contribution in [2.24, 2.45) is 5.73 Å². The Balaban J connectivity index is 1.76. The van der Waals surface area contributed by atoms with Crippen LogP contribution >= 0.6 is 0 Å². The number of aromatic nitrogens is 2. The predicted octanol–water partition coefficient (Wildman–Crippen LogP) is 3.38. The lowest BCUT2D eigenvalue weighted by Gasteiger charge is -2.06. The lowest BCUT2D eigenvalue weighted by molar-refractivity contribution is -0.139. The zero-order chi connectivity index (χ0) is 19.6. The first-order valence-corrected chi connectivity index (χ1v) is 7.83. The Labute approximate surface area is 151 Å². The second-order valence-corrected chi connectivity index (χ2v) is 5.84. The number of nitrogens with zero attached hydrogens (tertiary/aromatic N) is 2. The van der Waals surface area contributed by atoms with Gasteiger partial charge in [-0.15, -0.1) is 0 Å². The molecule has 0 spiro atoms.